The fraction of sp³-hybridized carbons (Fsp3) is 0.600. The summed E-state index contributed by atoms with van der Waals surface area (Å²) in [4.78, 5) is 49.3. The van der Waals surface area contributed by atoms with Gasteiger partial charge in [0.2, 0.25) is 5.78 Å². The molecule has 1 aromatic rings. The SMILES string of the molecule is Cc1cc(C(=O)COC(=O)CCCN2C(=O)NC(C)(C)C2=O)c(C)n1C1CC1. The van der Waals surface area contributed by atoms with E-state index in [2.05, 4.69) is 9.88 Å². The molecule has 2 fully saturated rings. The average molecular weight is 389 g/mol. The minimum atomic E-state index is -0.920. The van der Waals surface area contributed by atoms with E-state index in [-0.39, 0.29) is 31.3 Å². The maximum Gasteiger partial charge on any atom is 0.325 e. The summed E-state index contributed by atoms with van der Waals surface area (Å²) in [6.45, 7) is 7.00. The number of hydrogen-bond donors (Lipinski definition) is 1. The number of carbonyl (C=O) groups excluding carboxylic acids is 4. The molecule has 0 radical (unpaired) electrons. The number of Topliss-reactive ketones (excluding diaryl/α,β-unsaturated/α-hetero) is 1. The van der Waals surface area contributed by atoms with Crippen molar-refractivity contribution < 1.29 is 23.9 Å². The van der Waals surface area contributed by atoms with E-state index in [0.717, 1.165) is 29.1 Å². The van der Waals surface area contributed by atoms with Gasteiger partial charge in [-0.2, -0.15) is 0 Å². The Kier molecular flexibility index (Phi) is 5.32. The van der Waals surface area contributed by atoms with Crippen molar-refractivity contribution in [2.75, 3.05) is 13.2 Å². The molecule has 1 N–H and O–H groups in total. The number of carbonyl (C=O) groups is 4. The monoisotopic (exact) mass is 389 g/mol. The molecule has 0 spiro atoms. The van der Waals surface area contributed by atoms with Crippen LogP contribution in [-0.2, 0) is 14.3 Å². The summed E-state index contributed by atoms with van der Waals surface area (Å²) in [5, 5.41) is 2.59. The number of amides is 3. The second-order valence-corrected chi connectivity index (χ2v) is 8.09. The number of ketones is 1. The van der Waals surface area contributed by atoms with Gasteiger partial charge in [0, 0.05) is 36.0 Å². The quantitative estimate of drug-likeness (QED) is 0.418. The second-order valence-electron chi connectivity index (χ2n) is 8.09. The van der Waals surface area contributed by atoms with Crippen molar-refractivity contribution in [2.45, 2.75) is 65.0 Å². The van der Waals surface area contributed by atoms with Gasteiger partial charge < -0.3 is 14.6 Å². The van der Waals surface area contributed by atoms with Crippen molar-refractivity contribution in [3.8, 4) is 0 Å². The van der Waals surface area contributed by atoms with Gasteiger partial charge in [0.25, 0.3) is 5.91 Å². The molecule has 0 unspecified atom stereocenters. The molecule has 1 saturated heterocycles. The summed E-state index contributed by atoms with van der Waals surface area (Å²) >= 11 is 0. The minimum Gasteiger partial charge on any atom is -0.457 e. The van der Waals surface area contributed by atoms with Crippen LogP contribution in [0.2, 0.25) is 0 Å². The van der Waals surface area contributed by atoms with E-state index in [0.29, 0.717) is 18.0 Å². The lowest BCUT2D eigenvalue weighted by Gasteiger charge is -2.15. The van der Waals surface area contributed by atoms with Crippen LogP contribution in [0.1, 0.15) is 67.3 Å². The Morgan fingerprint density at radius 1 is 1.25 bits per heavy atom. The van der Waals surface area contributed by atoms with Gasteiger partial charge in [-0.05, 0) is 53.0 Å². The van der Waals surface area contributed by atoms with Gasteiger partial charge in [-0.15, -0.1) is 0 Å². The molecule has 152 valence electrons. The molecule has 3 rings (SSSR count). The topological polar surface area (TPSA) is 97.7 Å². The Morgan fingerprint density at radius 3 is 2.50 bits per heavy atom. The fourth-order valence-electron chi connectivity index (χ4n) is 3.65. The van der Waals surface area contributed by atoms with Gasteiger partial charge in [0.05, 0.1) is 0 Å². The number of urea groups is 1. The van der Waals surface area contributed by atoms with E-state index in [9.17, 15) is 19.2 Å². The summed E-state index contributed by atoms with van der Waals surface area (Å²) in [6.07, 6.45) is 2.59. The zero-order valence-corrected chi connectivity index (χ0v) is 16.8. The lowest BCUT2D eigenvalue weighted by molar-refractivity contribution is -0.143. The first-order chi connectivity index (χ1) is 13.1. The van der Waals surface area contributed by atoms with E-state index in [4.69, 9.17) is 4.74 Å². The predicted molar refractivity (Wildman–Crippen MR) is 101 cm³/mol. The van der Waals surface area contributed by atoms with Gasteiger partial charge in [-0.3, -0.25) is 19.3 Å². The third-order valence-electron chi connectivity index (χ3n) is 5.27. The Bertz CT molecular complexity index is 835. The zero-order valence-electron chi connectivity index (χ0n) is 16.8. The number of aromatic nitrogens is 1. The van der Waals surface area contributed by atoms with Crippen LogP contribution in [-0.4, -0.2) is 51.8 Å². The number of nitrogens with one attached hydrogen (secondary N) is 1. The van der Waals surface area contributed by atoms with Crippen molar-refractivity contribution in [2.24, 2.45) is 0 Å². The van der Waals surface area contributed by atoms with Gasteiger partial charge in [0.15, 0.2) is 6.61 Å². The van der Waals surface area contributed by atoms with Gasteiger partial charge >= 0.3 is 12.0 Å². The summed E-state index contributed by atoms with van der Waals surface area (Å²) in [6, 6.07) is 1.88. The molecule has 2 heterocycles. The number of ether oxygens (including phenoxy) is 1. The van der Waals surface area contributed by atoms with Crippen molar-refractivity contribution in [3.63, 3.8) is 0 Å². The summed E-state index contributed by atoms with van der Waals surface area (Å²) in [7, 11) is 0. The first-order valence-electron chi connectivity index (χ1n) is 9.63. The summed E-state index contributed by atoms with van der Waals surface area (Å²) < 4.78 is 7.27. The van der Waals surface area contributed by atoms with Crippen molar-refractivity contribution >= 4 is 23.7 Å². The van der Waals surface area contributed by atoms with E-state index in [1.54, 1.807) is 13.8 Å². The molecular formula is C20H27N3O5. The number of aryl methyl sites for hydroxylation is 1. The van der Waals surface area contributed by atoms with Gasteiger partial charge in [-0.25, -0.2) is 4.79 Å². The van der Waals surface area contributed by atoms with Crippen molar-refractivity contribution in [1.82, 2.24) is 14.8 Å². The molecule has 0 bridgehead atoms. The molecule has 28 heavy (non-hydrogen) atoms. The molecule has 1 aliphatic carbocycles. The van der Waals surface area contributed by atoms with Crippen molar-refractivity contribution in [1.29, 1.82) is 0 Å². The van der Waals surface area contributed by atoms with Gasteiger partial charge in [0.1, 0.15) is 5.54 Å². The molecule has 8 heteroatoms. The number of esters is 1. The molecule has 1 saturated carbocycles. The molecule has 1 aromatic heterocycles. The number of nitrogens with zero attached hydrogens (tertiary/aromatic N) is 2. The third kappa shape index (κ3) is 3.95. The highest BCUT2D eigenvalue weighted by Gasteiger charge is 2.43. The number of rotatable bonds is 8. The van der Waals surface area contributed by atoms with Crippen LogP contribution in [0.3, 0.4) is 0 Å². The maximum absolute atomic E-state index is 12.4. The Morgan fingerprint density at radius 2 is 1.93 bits per heavy atom. The molecular weight excluding hydrogens is 362 g/mol. The smallest absolute Gasteiger partial charge is 0.325 e. The largest absolute Gasteiger partial charge is 0.457 e. The second kappa shape index (κ2) is 7.41. The van der Waals surface area contributed by atoms with Crippen LogP contribution in [0, 0.1) is 13.8 Å². The molecule has 0 aromatic carbocycles. The Hall–Kier alpha value is -2.64. The number of imide groups is 1. The van der Waals surface area contributed by atoms with Crippen LogP contribution < -0.4 is 5.32 Å². The van der Waals surface area contributed by atoms with E-state index in [1.807, 2.05) is 19.9 Å². The molecule has 3 amide bonds. The highest BCUT2D eigenvalue weighted by Crippen LogP contribution is 2.38. The lowest BCUT2D eigenvalue weighted by Crippen LogP contribution is -2.40. The fourth-order valence-corrected chi connectivity index (χ4v) is 3.65. The lowest BCUT2D eigenvalue weighted by atomic mass is 10.1. The Labute approximate surface area is 164 Å². The first-order valence-corrected chi connectivity index (χ1v) is 9.63. The maximum atomic E-state index is 12.4. The van der Waals surface area contributed by atoms with Crippen LogP contribution in [0.15, 0.2) is 6.07 Å². The minimum absolute atomic E-state index is 0.0336. The van der Waals surface area contributed by atoms with Crippen LogP contribution in [0.4, 0.5) is 4.79 Å². The molecule has 0 atom stereocenters. The highest BCUT2D eigenvalue weighted by atomic mass is 16.5. The van der Waals surface area contributed by atoms with Crippen LogP contribution >= 0.6 is 0 Å². The highest BCUT2D eigenvalue weighted by molar-refractivity contribution is 6.06. The van der Waals surface area contributed by atoms with Crippen LogP contribution in [0.5, 0.6) is 0 Å². The normalized spacial score (nSPS) is 18.4. The van der Waals surface area contributed by atoms with E-state index < -0.39 is 17.5 Å². The van der Waals surface area contributed by atoms with Crippen molar-refractivity contribution in [3.05, 3.63) is 23.0 Å². The number of hydrogen-bond acceptors (Lipinski definition) is 5. The molecule has 1 aliphatic heterocycles. The summed E-state index contributed by atoms with van der Waals surface area (Å²) in [5.74, 6) is -1.05. The molecule has 8 nitrogen and oxygen atoms in total. The van der Waals surface area contributed by atoms with Crippen LogP contribution in [0.25, 0.3) is 0 Å². The average Bonchev–Trinajstić information content (AvgIpc) is 3.36. The third-order valence-corrected chi connectivity index (χ3v) is 5.27. The zero-order chi connectivity index (χ0) is 20.6. The first kappa shape index (κ1) is 20.1. The molecule has 2 aliphatic rings. The predicted octanol–water partition coefficient (Wildman–Crippen LogP) is 2.28. The standard InChI is InChI=1S/C20H27N3O5/c1-12-10-15(13(2)23(12)14-7-8-14)16(24)11-28-17(25)6-5-9-22-18(26)20(3,4)21-19(22)27/h10,14H,5-9,11H2,1-4H3,(H,21,27). The van der Waals surface area contributed by atoms with E-state index >= 15 is 0 Å². The van der Waals surface area contributed by atoms with Gasteiger partial charge in [-0.1, -0.05) is 0 Å². The summed E-state index contributed by atoms with van der Waals surface area (Å²) in [5.41, 5.74) is 1.64. The van der Waals surface area contributed by atoms with E-state index in [1.165, 1.54) is 0 Å². The Balaban J connectivity index is 1.45.